The maximum Gasteiger partial charge on any atom is 0.410 e. The van der Waals surface area contributed by atoms with Crippen LogP contribution in [0.1, 0.15) is 32.8 Å². The van der Waals surface area contributed by atoms with Crippen LogP contribution in [0, 0.1) is 0 Å². The van der Waals surface area contributed by atoms with Gasteiger partial charge in [0.1, 0.15) is 11.8 Å². The first kappa shape index (κ1) is 21.5. The van der Waals surface area contributed by atoms with Crippen molar-refractivity contribution in [2.24, 2.45) is 0 Å². The van der Waals surface area contributed by atoms with Gasteiger partial charge in [0.05, 0.1) is 37.6 Å². The van der Waals surface area contributed by atoms with Crippen LogP contribution in [0.2, 0.25) is 0 Å². The molecule has 29 heavy (non-hydrogen) atoms. The smallest absolute Gasteiger partial charge is 0.410 e. The molecule has 1 aromatic carbocycles. The van der Waals surface area contributed by atoms with Crippen LogP contribution < -0.4 is 5.32 Å². The third-order valence-corrected chi connectivity index (χ3v) is 5.20. The fourth-order valence-electron chi connectivity index (χ4n) is 3.87. The Hall–Kier alpha value is -2.25. The SMILES string of the molecule is COCCO[C@@H]1C[C@@H](C2NC=C(c3ccccc3)N2C)N(C(=O)OC(C)(C)C)C1. The van der Waals surface area contributed by atoms with Gasteiger partial charge in [-0.25, -0.2) is 4.79 Å². The van der Waals surface area contributed by atoms with Crippen molar-refractivity contribution in [3.8, 4) is 0 Å². The second-order valence-electron chi connectivity index (χ2n) is 8.54. The zero-order valence-corrected chi connectivity index (χ0v) is 18.1. The molecule has 0 spiro atoms. The number of ether oxygens (including phenoxy) is 3. The van der Waals surface area contributed by atoms with Gasteiger partial charge in [-0.1, -0.05) is 30.3 Å². The molecule has 7 heteroatoms. The van der Waals surface area contributed by atoms with Gasteiger partial charge in [-0.15, -0.1) is 0 Å². The van der Waals surface area contributed by atoms with Gasteiger partial charge in [-0.2, -0.15) is 0 Å². The summed E-state index contributed by atoms with van der Waals surface area (Å²) in [7, 11) is 3.71. The summed E-state index contributed by atoms with van der Waals surface area (Å²) in [5, 5.41) is 3.47. The van der Waals surface area contributed by atoms with Crippen LogP contribution in [0.5, 0.6) is 0 Å². The van der Waals surface area contributed by atoms with Gasteiger partial charge in [-0.05, 0) is 32.8 Å². The van der Waals surface area contributed by atoms with Crippen LogP contribution in [0.3, 0.4) is 0 Å². The highest BCUT2D eigenvalue weighted by Gasteiger charge is 2.45. The Morgan fingerprint density at radius 2 is 1.93 bits per heavy atom. The molecular weight excluding hydrogens is 370 g/mol. The van der Waals surface area contributed by atoms with E-state index < -0.39 is 5.60 Å². The van der Waals surface area contributed by atoms with Crippen LogP contribution in [0.4, 0.5) is 4.79 Å². The average Bonchev–Trinajstić information content (AvgIpc) is 3.25. The molecule has 0 aromatic heterocycles. The lowest BCUT2D eigenvalue weighted by Gasteiger charge is -2.35. The van der Waals surface area contributed by atoms with Gasteiger partial charge in [-0.3, -0.25) is 4.90 Å². The second-order valence-corrected chi connectivity index (χ2v) is 8.54. The molecule has 0 bridgehead atoms. The molecular formula is C22H33N3O4. The summed E-state index contributed by atoms with van der Waals surface area (Å²) in [4.78, 5) is 16.9. The summed E-state index contributed by atoms with van der Waals surface area (Å²) in [6.07, 6.45) is 2.36. The third kappa shape index (κ3) is 5.22. The highest BCUT2D eigenvalue weighted by molar-refractivity contribution is 5.70. The predicted molar refractivity (Wildman–Crippen MR) is 112 cm³/mol. The number of hydrogen-bond donors (Lipinski definition) is 1. The van der Waals surface area contributed by atoms with Crippen LogP contribution >= 0.6 is 0 Å². The van der Waals surface area contributed by atoms with E-state index in [2.05, 4.69) is 29.4 Å². The van der Waals surface area contributed by atoms with E-state index in [0.29, 0.717) is 19.8 Å². The zero-order chi connectivity index (χ0) is 21.0. The molecule has 0 aliphatic carbocycles. The largest absolute Gasteiger partial charge is 0.444 e. The second kappa shape index (κ2) is 9.05. The molecule has 0 radical (unpaired) electrons. The Kier molecular flexibility index (Phi) is 6.70. The molecule has 3 rings (SSSR count). The van der Waals surface area contributed by atoms with Gasteiger partial charge in [0.25, 0.3) is 0 Å². The minimum atomic E-state index is -0.543. The van der Waals surface area contributed by atoms with Crippen LogP contribution in [0.25, 0.3) is 5.70 Å². The fraction of sp³-hybridized carbons (Fsp3) is 0.591. The highest BCUT2D eigenvalue weighted by atomic mass is 16.6. The number of likely N-dealkylation sites (tertiary alicyclic amines) is 1. The molecule has 2 heterocycles. The fourth-order valence-corrected chi connectivity index (χ4v) is 3.87. The minimum absolute atomic E-state index is 0.0429. The third-order valence-electron chi connectivity index (χ3n) is 5.20. The van der Waals surface area contributed by atoms with Crippen molar-refractivity contribution in [2.75, 3.05) is 33.9 Å². The summed E-state index contributed by atoms with van der Waals surface area (Å²) in [5.74, 6) is 0. The van der Waals surface area contributed by atoms with Crippen molar-refractivity contribution in [1.29, 1.82) is 0 Å². The number of benzene rings is 1. The van der Waals surface area contributed by atoms with Crippen molar-refractivity contribution in [3.63, 3.8) is 0 Å². The first-order chi connectivity index (χ1) is 13.8. The van der Waals surface area contributed by atoms with Crippen molar-refractivity contribution in [3.05, 3.63) is 42.1 Å². The molecule has 1 aromatic rings. The van der Waals surface area contributed by atoms with Gasteiger partial charge in [0, 0.05) is 20.4 Å². The molecule has 160 valence electrons. The van der Waals surface area contributed by atoms with E-state index in [1.165, 1.54) is 0 Å². The maximum atomic E-state index is 12.9. The molecule has 3 atom stereocenters. The highest BCUT2D eigenvalue weighted by Crippen LogP contribution is 2.32. The lowest BCUT2D eigenvalue weighted by Crippen LogP contribution is -2.52. The maximum absolute atomic E-state index is 12.9. The molecule has 1 amide bonds. The molecule has 1 unspecified atom stereocenters. The van der Waals surface area contributed by atoms with Gasteiger partial charge in [0.15, 0.2) is 0 Å². The van der Waals surface area contributed by atoms with E-state index in [-0.39, 0.29) is 24.4 Å². The number of nitrogens with one attached hydrogen (secondary N) is 1. The van der Waals surface area contributed by atoms with Crippen molar-refractivity contribution < 1.29 is 19.0 Å². The van der Waals surface area contributed by atoms with E-state index in [9.17, 15) is 4.79 Å². The zero-order valence-electron chi connectivity index (χ0n) is 18.1. The number of hydrogen-bond acceptors (Lipinski definition) is 6. The number of carbonyl (C=O) groups is 1. The first-order valence-corrected chi connectivity index (χ1v) is 10.1. The summed E-state index contributed by atoms with van der Waals surface area (Å²) in [6, 6.07) is 10.2. The summed E-state index contributed by atoms with van der Waals surface area (Å²) < 4.78 is 16.7. The van der Waals surface area contributed by atoms with Gasteiger partial charge in [0.2, 0.25) is 0 Å². The number of nitrogens with zero attached hydrogens (tertiary/aromatic N) is 2. The average molecular weight is 404 g/mol. The van der Waals surface area contributed by atoms with Gasteiger partial charge >= 0.3 is 6.09 Å². The molecule has 1 fully saturated rings. The lowest BCUT2D eigenvalue weighted by molar-refractivity contribution is 0.00720. The Bertz CT molecular complexity index is 717. The van der Waals surface area contributed by atoms with Crippen LogP contribution in [-0.2, 0) is 14.2 Å². The monoisotopic (exact) mass is 403 g/mol. The molecule has 1 saturated heterocycles. The first-order valence-electron chi connectivity index (χ1n) is 10.1. The Labute approximate surface area is 173 Å². The lowest BCUT2D eigenvalue weighted by atomic mass is 10.1. The molecule has 2 aliphatic heterocycles. The number of methoxy groups -OCH3 is 1. The van der Waals surface area contributed by atoms with E-state index >= 15 is 0 Å². The van der Waals surface area contributed by atoms with E-state index in [1.807, 2.05) is 45.2 Å². The Morgan fingerprint density at radius 3 is 2.59 bits per heavy atom. The number of rotatable bonds is 6. The van der Waals surface area contributed by atoms with Crippen LogP contribution in [0.15, 0.2) is 36.5 Å². The number of amides is 1. The standard InChI is InChI=1S/C22H33N3O4/c1-22(2,3)29-21(26)25-15-17(28-12-11-27-5)13-18(25)20-23-14-19(24(20)4)16-9-7-6-8-10-16/h6-10,14,17-18,20,23H,11-13,15H2,1-5H3/t17-,18+,20?/m1/s1. The minimum Gasteiger partial charge on any atom is -0.444 e. The quantitative estimate of drug-likeness (QED) is 0.737. The Balaban J connectivity index is 1.74. The summed E-state index contributed by atoms with van der Waals surface area (Å²) in [6.45, 7) is 7.22. The van der Waals surface area contributed by atoms with E-state index in [4.69, 9.17) is 14.2 Å². The molecule has 7 nitrogen and oxygen atoms in total. The Morgan fingerprint density at radius 1 is 1.21 bits per heavy atom. The predicted octanol–water partition coefficient (Wildman–Crippen LogP) is 2.89. The summed E-state index contributed by atoms with van der Waals surface area (Å²) in [5.41, 5.74) is 1.70. The molecule has 1 N–H and O–H groups in total. The van der Waals surface area contributed by atoms with Crippen molar-refractivity contribution in [2.45, 2.75) is 51.1 Å². The molecule has 0 saturated carbocycles. The number of likely N-dealkylation sites (N-methyl/N-ethyl adjacent to an activating group) is 1. The van der Waals surface area contributed by atoms with E-state index in [1.54, 1.807) is 12.0 Å². The molecule has 2 aliphatic rings. The topological polar surface area (TPSA) is 63.3 Å². The van der Waals surface area contributed by atoms with Crippen LogP contribution in [-0.4, -0.2) is 73.7 Å². The van der Waals surface area contributed by atoms with Crippen molar-refractivity contribution in [1.82, 2.24) is 15.1 Å². The normalized spacial score (nSPS) is 24.4. The summed E-state index contributed by atoms with van der Waals surface area (Å²) >= 11 is 0. The van der Waals surface area contributed by atoms with Gasteiger partial charge < -0.3 is 24.4 Å². The number of carbonyl (C=O) groups excluding carboxylic acids is 1. The van der Waals surface area contributed by atoms with E-state index in [0.717, 1.165) is 17.7 Å². The van der Waals surface area contributed by atoms with Crippen molar-refractivity contribution >= 4 is 11.8 Å².